The highest BCUT2D eigenvalue weighted by molar-refractivity contribution is 6.33. The van der Waals surface area contributed by atoms with Gasteiger partial charge in [-0.3, -0.25) is 14.7 Å². The molecule has 0 aliphatic carbocycles. The van der Waals surface area contributed by atoms with E-state index < -0.39 is 0 Å². The van der Waals surface area contributed by atoms with E-state index in [4.69, 9.17) is 11.6 Å². The fourth-order valence-corrected chi connectivity index (χ4v) is 3.02. The number of hydrogen-bond donors (Lipinski definition) is 1. The van der Waals surface area contributed by atoms with Crippen LogP contribution in [0.1, 0.15) is 29.1 Å². The van der Waals surface area contributed by atoms with E-state index in [1.165, 1.54) is 6.20 Å². The van der Waals surface area contributed by atoms with Crippen molar-refractivity contribution in [2.24, 2.45) is 0 Å². The van der Waals surface area contributed by atoms with Crippen LogP contribution < -0.4 is 0 Å². The lowest BCUT2D eigenvalue weighted by atomic mass is 10.1. The van der Waals surface area contributed by atoms with Gasteiger partial charge in [-0.15, -0.1) is 0 Å². The van der Waals surface area contributed by atoms with Gasteiger partial charge in [-0.1, -0.05) is 18.5 Å². The molecule has 0 bridgehead atoms. The van der Waals surface area contributed by atoms with E-state index in [0.29, 0.717) is 23.7 Å². The van der Waals surface area contributed by atoms with Crippen molar-refractivity contribution < 1.29 is 4.79 Å². The second-order valence-electron chi connectivity index (χ2n) is 5.23. The number of H-pyrrole nitrogens is 1. The number of nitrogens with zero attached hydrogens (tertiary/aromatic N) is 4. The standard InChI is InChI=1S/C15H18ClN5O/c1-2-20-7-8-21(10-13(20)14-18-5-6-19-14)15(22)11-3-4-17-9-12(11)16/h3-6,9,13H,2,7-8,10H2,1H3,(H,18,19)/t13-/m1/s1. The molecule has 1 aliphatic heterocycles. The molecule has 1 aliphatic rings. The third-order valence-electron chi connectivity index (χ3n) is 4.02. The summed E-state index contributed by atoms with van der Waals surface area (Å²) in [6.45, 7) is 5.13. The lowest BCUT2D eigenvalue weighted by molar-refractivity contribution is 0.0480. The summed E-state index contributed by atoms with van der Waals surface area (Å²) in [7, 11) is 0. The summed E-state index contributed by atoms with van der Waals surface area (Å²) < 4.78 is 0. The minimum Gasteiger partial charge on any atom is -0.347 e. The summed E-state index contributed by atoms with van der Waals surface area (Å²) in [5.74, 6) is 0.833. The van der Waals surface area contributed by atoms with Gasteiger partial charge in [0.05, 0.1) is 16.6 Å². The van der Waals surface area contributed by atoms with Crippen LogP contribution in [0.15, 0.2) is 30.9 Å². The first kappa shape index (κ1) is 15.0. The van der Waals surface area contributed by atoms with Crippen molar-refractivity contribution >= 4 is 17.5 Å². The number of pyridine rings is 1. The Morgan fingerprint density at radius 3 is 3.00 bits per heavy atom. The quantitative estimate of drug-likeness (QED) is 0.939. The minimum atomic E-state index is -0.0558. The molecule has 0 unspecified atom stereocenters. The Morgan fingerprint density at radius 2 is 2.32 bits per heavy atom. The molecule has 1 amide bonds. The maximum absolute atomic E-state index is 12.7. The van der Waals surface area contributed by atoms with Gasteiger partial charge in [0.15, 0.2) is 0 Å². The topological polar surface area (TPSA) is 65.1 Å². The molecule has 0 aromatic carbocycles. The SMILES string of the molecule is CCN1CCN(C(=O)c2ccncc2Cl)C[C@@H]1c1ncc[nH]1. The fraction of sp³-hybridized carbons (Fsp3) is 0.400. The molecule has 0 spiro atoms. The minimum absolute atomic E-state index is 0.0558. The molecule has 6 nitrogen and oxygen atoms in total. The summed E-state index contributed by atoms with van der Waals surface area (Å²) in [5.41, 5.74) is 0.500. The highest BCUT2D eigenvalue weighted by Gasteiger charge is 2.32. The van der Waals surface area contributed by atoms with Crippen LogP contribution in [-0.4, -0.2) is 56.8 Å². The molecule has 2 aromatic heterocycles. The largest absolute Gasteiger partial charge is 0.347 e. The number of imidazole rings is 1. The van der Waals surface area contributed by atoms with Crippen molar-refractivity contribution in [2.75, 3.05) is 26.2 Å². The van der Waals surface area contributed by atoms with Crippen LogP contribution in [-0.2, 0) is 0 Å². The normalized spacial score (nSPS) is 19.4. The summed E-state index contributed by atoms with van der Waals surface area (Å²) in [6, 6.07) is 1.75. The number of aromatic nitrogens is 3. The number of likely N-dealkylation sites (N-methyl/N-ethyl adjacent to an activating group) is 1. The van der Waals surface area contributed by atoms with E-state index in [-0.39, 0.29) is 11.9 Å². The van der Waals surface area contributed by atoms with Gasteiger partial charge in [-0.25, -0.2) is 4.98 Å². The molecule has 2 aromatic rings. The number of hydrogen-bond acceptors (Lipinski definition) is 4. The van der Waals surface area contributed by atoms with Crippen LogP contribution in [0.3, 0.4) is 0 Å². The van der Waals surface area contributed by atoms with Crippen LogP contribution in [0.4, 0.5) is 0 Å². The van der Waals surface area contributed by atoms with Crippen molar-refractivity contribution in [3.8, 4) is 0 Å². The lowest BCUT2D eigenvalue weighted by Crippen LogP contribution is -2.50. The second-order valence-corrected chi connectivity index (χ2v) is 5.63. The maximum atomic E-state index is 12.7. The van der Waals surface area contributed by atoms with E-state index in [1.54, 1.807) is 18.5 Å². The Labute approximate surface area is 134 Å². The molecule has 1 saturated heterocycles. The number of piperazine rings is 1. The number of carbonyl (C=O) groups excluding carboxylic acids is 1. The molecule has 3 heterocycles. The summed E-state index contributed by atoms with van der Waals surface area (Å²) in [6.07, 6.45) is 6.64. The van der Waals surface area contributed by atoms with E-state index >= 15 is 0 Å². The maximum Gasteiger partial charge on any atom is 0.255 e. The zero-order valence-corrected chi connectivity index (χ0v) is 13.1. The Morgan fingerprint density at radius 1 is 1.45 bits per heavy atom. The molecule has 1 fully saturated rings. The number of carbonyl (C=O) groups is 1. The second kappa shape index (κ2) is 6.46. The van der Waals surface area contributed by atoms with Crippen molar-refractivity contribution in [3.05, 3.63) is 47.3 Å². The van der Waals surface area contributed by atoms with Gasteiger partial charge < -0.3 is 9.88 Å². The van der Waals surface area contributed by atoms with Gasteiger partial charge >= 0.3 is 0 Å². The molecular formula is C15H18ClN5O. The van der Waals surface area contributed by atoms with Crippen LogP contribution in [0.25, 0.3) is 0 Å². The molecule has 7 heteroatoms. The third-order valence-corrected chi connectivity index (χ3v) is 4.32. The van der Waals surface area contributed by atoms with Gasteiger partial charge in [-0.05, 0) is 12.6 Å². The number of rotatable bonds is 3. The predicted octanol–water partition coefficient (Wildman–Crippen LogP) is 1.98. The molecule has 22 heavy (non-hydrogen) atoms. The van der Waals surface area contributed by atoms with Gasteiger partial charge in [0.2, 0.25) is 0 Å². The molecular weight excluding hydrogens is 302 g/mol. The smallest absolute Gasteiger partial charge is 0.255 e. The van der Waals surface area contributed by atoms with E-state index in [9.17, 15) is 4.79 Å². The summed E-state index contributed by atoms with van der Waals surface area (Å²) in [4.78, 5) is 28.3. The van der Waals surface area contributed by atoms with Crippen molar-refractivity contribution in [1.82, 2.24) is 24.8 Å². The summed E-state index contributed by atoms with van der Waals surface area (Å²) in [5, 5.41) is 0.389. The first-order valence-corrected chi connectivity index (χ1v) is 7.70. The van der Waals surface area contributed by atoms with Crippen LogP contribution >= 0.6 is 11.6 Å². The van der Waals surface area contributed by atoms with Gasteiger partial charge in [0.25, 0.3) is 5.91 Å². The number of halogens is 1. The molecule has 0 saturated carbocycles. The Bertz CT molecular complexity index is 645. The fourth-order valence-electron chi connectivity index (χ4n) is 2.82. The average molecular weight is 320 g/mol. The van der Waals surface area contributed by atoms with Crippen molar-refractivity contribution in [1.29, 1.82) is 0 Å². The Balaban J connectivity index is 1.81. The number of amides is 1. The molecule has 1 N–H and O–H groups in total. The molecule has 1 atom stereocenters. The first-order chi connectivity index (χ1) is 10.7. The molecule has 116 valence electrons. The zero-order valence-electron chi connectivity index (χ0n) is 12.4. The lowest BCUT2D eigenvalue weighted by Gasteiger charge is -2.40. The highest BCUT2D eigenvalue weighted by atomic mass is 35.5. The Kier molecular flexibility index (Phi) is 4.40. The van der Waals surface area contributed by atoms with Crippen molar-refractivity contribution in [3.63, 3.8) is 0 Å². The number of aromatic amines is 1. The number of nitrogens with one attached hydrogen (secondary N) is 1. The van der Waals surface area contributed by atoms with Gasteiger partial charge in [0, 0.05) is 44.4 Å². The van der Waals surface area contributed by atoms with Crippen LogP contribution in [0, 0.1) is 0 Å². The van der Waals surface area contributed by atoms with E-state index in [1.807, 2.05) is 11.1 Å². The Hall–Kier alpha value is -1.92. The first-order valence-electron chi connectivity index (χ1n) is 7.32. The average Bonchev–Trinajstić information content (AvgIpc) is 3.08. The van der Waals surface area contributed by atoms with Crippen molar-refractivity contribution in [2.45, 2.75) is 13.0 Å². The summed E-state index contributed by atoms with van der Waals surface area (Å²) >= 11 is 6.09. The molecule has 0 radical (unpaired) electrons. The third kappa shape index (κ3) is 2.84. The molecule has 3 rings (SSSR count). The van der Waals surface area contributed by atoms with E-state index in [2.05, 4.69) is 26.8 Å². The monoisotopic (exact) mass is 319 g/mol. The highest BCUT2D eigenvalue weighted by Crippen LogP contribution is 2.25. The van der Waals surface area contributed by atoms with Gasteiger partial charge in [-0.2, -0.15) is 0 Å². The zero-order chi connectivity index (χ0) is 15.5. The van der Waals surface area contributed by atoms with Crippen LogP contribution in [0.2, 0.25) is 5.02 Å². The van der Waals surface area contributed by atoms with Gasteiger partial charge in [0.1, 0.15) is 5.82 Å². The predicted molar refractivity (Wildman–Crippen MR) is 83.7 cm³/mol. The van der Waals surface area contributed by atoms with Crippen LogP contribution in [0.5, 0.6) is 0 Å². The van der Waals surface area contributed by atoms with E-state index in [0.717, 1.165) is 18.9 Å².